The fourth-order valence-electron chi connectivity index (χ4n) is 1.82. The van der Waals surface area contributed by atoms with Crippen LogP contribution in [0.2, 0.25) is 0 Å². The second-order valence-electron chi connectivity index (χ2n) is 4.25. The van der Waals surface area contributed by atoms with E-state index >= 15 is 0 Å². The Morgan fingerprint density at radius 3 is 2.86 bits per heavy atom. The number of ether oxygens (including phenoxy) is 1. The summed E-state index contributed by atoms with van der Waals surface area (Å²) in [6.45, 7) is 2.14. The first-order valence-corrected chi connectivity index (χ1v) is 7.93. The molecule has 1 saturated heterocycles. The summed E-state index contributed by atoms with van der Waals surface area (Å²) in [7, 11) is 0. The van der Waals surface area contributed by atoms with Gasteiger partial charge in [-0.1, -0.05) is 5.92 Å². The molecular formula is C15H12BrNO4S. The van der Waals surface area contributed by atoms with E-state index in [4.69, 9.17) is 11.2 Å². The average molecular weight is 382 g/mol. The summed E-state index contributed by atoms with van der Waals surface area (Å²) < 4.78 is 5.76. The quantitative estimate of drug-likeness (QED) is 0.640. The lowest BCUT2D eigenvalue weighted by molar-refractivity contribution is -0.122. The van der Waals surface area contributed by atoms with Crippen LogP contribution in [0.1, 0.15) is 12.5 Å². The zero-order chi connectivity index (χ0) is 16.3. The Morgan fingerprint density at radius 2 is 2.23 bits per heavy atom. The molecule has 1 aromatic carbocycles. The number of aromatic hydroxyl groups is 1. The summed E-state index contributed by atoms with van der Waals surface area (Å²) in [6, 6.07) is 3.23. The summed E-state index contributed by atoms with van der Waals surface area (Å²) in [6.07, 6.45) is 6.71. The zero-order valence-electron chi connectivity index (χ0n) is 11.6. The minimum atomic E-state index is -0.421. The van der Waals surface area contributed by atoms with Gasteiger partial charge in [0, 0.05) is 0 Å². The molecule has 0 spiro atoms. The van der Waals surface area contributed by atoms with E-state index < -0.39 is 11.1 Å². The number of benzene rings is 1. The van der Waals surface area contributed by atoms with E-state index in [2.05, 4.69) is 21.9 Å². The van der Waals surface area contributed by atoms with Crippen molar-refractivity contribution in [3.05, 3.63) is 27.1 Å². The summed E-state index contributed by atoms with van der Waals surface area (Å²) in [5.41, 5.74) is 0.624. The molecule has 0 aromatic heterocycles. The van der Waals surface area contributed by atoms with E-state index in [9.17, 15) is 14.7 Å². The van der Waals surface area contributed by atoms with E-state index in [1.165, 1.54) is 0 Å². The van der Waals surface area contributed by atoms with Crippen LogP contribution in [0.4, 0.5) is 4.79 Å². The Balaban J connectivity index is 2.36. The third-order valence-electron chi connectivity index (χ3n) is 2.77. The maximum atomic E-state index is 12.1. The maximum Gasteiger partial charge on any atom is 0.294 e. The first kappa shape index (κ1) is 16.5. The van der Waals surface area contributed by atoms with Gasteiger partial charge in [-0.3, -0.25) is 14.5 Å². The molecule has 0 atom stereocenters. The number of nitrogens with zero attached hydrogens (tertiary/aromatic N) is 1. The number of hydrogen-bond acceptors (Lipinski definition) is 5. The van der Waals surface area contributed by atoms with E-state index in [1.54, 1.807) is 25.1 Å². The lowest BCUT2D eigenvalue weighted by Gasteiger charge is -2.09. The van der Waals surface area contributed by atoms with Crippen molar-refractivity contribution in [3.8, 4) is 23.8 Å². The van der Waals surface area contributed by atoms with Crippen molar-refractivity contribution in [3.63, 3.8) is 0 Å². The smallest absolute Gasteiger partial charge is 0.294 e. The molecule has 1 N–H and O–H groups in total. The Labute approximate surface area is 140 Å². The summed E-state index contributed by atoms with van der Waals surface area (Å²) in [5, 5.41) is 9.48. The third kappa shape index (κ3) is 3.29. The van der Waals surface area contributed by atoms with Crippen LogP contribution in [0.3, 0.4) is 0 Å². The standard InChI is InChI=1S/C15H12BrNO4S/c1-3-5-17-14(19)12(22-15(17)20)8-9-6-10(16)13(18)11(7-9)21-4-2/h1,6-8,18H,4-5H2,2H3/b12-8+. The molecule has 0 saturated carbocycles. The number of amides is 2. The number of hydrogen-bond donors (Lipinski definition) is 1. The molecule has 7 heteroatoms. The molecule has 0 bridgehead atoms. The lowest BCUT2D eigenvalue weighted by atomic mass is 10.2. The van der Waals surface area contributed by atoms with Crippen LogP contribution in [0.5, 0.6) is 11.5 Å². The van der Waals surface area contributed by atoms with Gasteiger partial charge in [0.25, 0.3) is 11.1 Å². The van der Waals surface area contributed by atoms with Gasteiger partial charge in [0.15, 0.2) is 11.5 Å². The SMILES string of the molecule is C#CCN1C(=O)S/C(=C/c2cc(Br)c(O)c(OCC)c2)C1=O. The first-order valence-electron chi connectivity index (χ1n) is 6.32. The molecule has 2 amide bonds. The highest BCUT2D eigenvalue weighted by molar-refractivity contribution is 9.10. The number of halogens is 1. The van der Waals surface area contributed by atoms with Crippen molar-refractivity contribution >= 4 is 44.9 Å². The highest BCUT2D eigenvalue weighted by atomic mass is 79.9. The molecule has 1 aliphatic rings. The van der Waals surface area contributed by atoms with Crippen molar-refractivity contribution in [2.45, 2.75) is 6.92 Å². The van der Waals surface area contributed by atoms with Crippen LogP contribution in [-0.4, -0.2) is 34.3 Å². The molecule has 0 unspecified atom stereocenters. The topological polar surface area (TPSA) is 66.8 Å². The number of carbonyl (C=O) groups excluding carboxylic acids is 2. The fourth-order valence-corrected chi connectivity index (χ4v) is 3.12. The largest absolute Gasteiger partial charge is 0.503 e. The number of terminal acetylenes is 1. The average Bonchev–Trinajstić information content (AvgIpc) is 2.72. The van der Waals surface area contributed by atoms with Crippen LogP contribution in [0, 0.1) is 12.3 Å². The van der Waals surface area contributed by atoms with Crippen LogP contribution in [-0.2, 0) is 4.79 Å². The molecule has 0 aliphatic carbocycles. The molecule has 0 radical (unpaired) electrons. The number of rotatable bonds is 4. The number of phenols is 1. The Kier molecular flexibility index (Phi) is 5.16. The molecule has 1 aliphatic heterocycles. The Morgan fingerprint density at radius 1 is 1.50 bits per heavy atom. The van der Waals surface area contributed by atoms with Crippen molar-refractivity contribution in [2.24, 2.45) is 0 Å². The van der Waals surface area contributed by atoms with Crippen LogP contribution in [0.25, 0.3) is 6.08 Å². The predicted octanol–water partition coefficient (Wildman–Crippen LogP) is 3.22. The monoisotopic (exact) mass is 381 g/mol. The van der Waals surface area contributed by atoms with E-state index in [0.717, 1.165) is 16.7 Å². The molecule has 1 aromatic rings. The van der Waals surface area contributed by atoms with Crippen LogP contribution >= 0.6 is 27.7 Å². The van der Waals surface area contributed by atoms with Gasteiger partial charge in [-0.2, -0.15) is 0 Å². The van der Waals surface area contributed by atoms with Crippen LogP contribution < -0.4 is 4.74 Å². The van der Waals surface area contributed by atoms with Gasteiger partial charge in [-0.15, -0.1) is 6.42 Å². The molecule has 5 nitrogen and oxygen atoms in total. The van der Waals surface area contributed by atoms with Gasteiger partial charge in [-0.25, -0.2) is 0 Å². The van der Waals surface area contributed by atoms with Gasteiger partial charge >= 0.3 is 0 Å². The van der Waals surface area contributed by atoms with Crippen molar-refractivity contribution in [1.82, 2.24) is 4.90 Å². The summed E-state index contributed by atoms with van der Waals surface area (Å²) >= 11 is 4.06. The predicted molar refractivity (Wildman–Crippen MR) is 88.5 cm³/mol. The molecule has 2 rings (SSSR count). The Bertz CT molecular complexity index is 708. The molecule has 22 heavy (non-hydrogen) atoms. The van der Waals surface area contributed by atoms with Gasteiger partial charge < -0.3 is 9.84 Å². The van der Waals surface area contributed by atoms with Gasteiger partial charge in [0.05, 0.1) is 22.5 Å². The number of carbonyl (C=O) groups is 2. The lowest BCUT2D eigenvalue weighted by Crippen LogP contribution is -2.28. The Hall–Kier alpha value is -1.91. The van der Waals surface area contributed by atoms with Gasteiger partial charge in [0.2, 0.25) is 0 Å². The highest BCUT2D eigenvalue weighted by Crippen LogP contribution is 2.38. The van der Waals surface area contributed by atoms with E-state index in [-0.39, 0.29) is 17.2 Å². The third-order valence-corrected chi connectivity index (χ3v) is 4.28. The number of phenolic OH excluding ortho intramolecular Hbond substituents is 1. The minimum absolute atomic E-state index is 0.0144. The first-order chi connectivity index (χ1) is 10.5. The van der Waals surface area contributed by atoms with Crippen LogP contribution in [0.15, 0.2) is 21.5 Å². The summed E-state index contributed by atoms with van der Waals surface area (Å²) in [5.74, 6) is 2.14. The molecule has 114 valence electrons. The van der Waals surface area contributed by atoms with Crippen molar-refractivity contribution in [1.29, 1.82) is 0 Å². The number of thioether (sulfide) groups is 1. The normalized spacial score (nSPS) is 16.2. The molecular weight excluding hydrogens is 370 g/mol. The highest BCUT2D eigenvalue weighted by Gasteiger charge is 2.34. The maximum absolute atomic E-state index is 12.1. The number of imide groups is 1. The zero-order valence-corrected chi connectivity index (χ0v) is 14.0. The molecule has 1 fully saturated rings. The van der Waals surface area contributed by atoms with Crippen molar-refractivity contribution in [2.75, 3.05) is 13.2 Å². The van der Waals surface area contributed by atoms with Crippen molar-refractivity contribution < 1.29 is 19.4 Å². The van der Waals surface area contributed by atoms with Gasteiger partial charge in [0.1, 0.15) is 0 Å². The second-order valence-corrected chi connectivity index (χ2v) is 6.10. The van der Waals surface area contributed by atoms with E-state index in [1.807, 2.05) is 0 Å². The molecule has 1 heterocycles. The minimum Gasteiger partial charge on any atom is -0.503 e. The summed E-state index contributed by atoms with van der Waals surface area (Å²) in [4.78, 5) is 25.1. The van der Waals surface area contributed by atoms with Gasteiger partial charge in [-0.05, 0) is 58.4 Å². The fraction of sp³-hybridized carbons (Fsp3) is 0.200. The van der Waals surface area contributed by atoms with E-state index in [0.29, 0.717) is 22.4 Å². The second kappa shape index (κ2) is 6.90.